The van der Waals surface area contributed by atoms with E-state index in [1.807, 2.05) is 20.8 Å². The fourth-order valence-electron chi connectivity index (χ4n) is 6.05. The number of unbranched alkanes of at least 4 members (excludes halogenated alkanes) is 2. The summed E-state index contributed by atoms with van der Waals surface area (Å²) < 4.78 is 0. The number of pyridine rings is 1. The average molecular weight is 608 g/mol. The maximum absolute atomic E-state index is 14.0. The van der Waals surface area contributed by atoms with Crippen molar-refractivity contribution >= 4 is 40.3 Å². The van der Waals surface area contributed by atoms with E-state index in [-0.39, 0.29) is 29.6 Å². The van der Waals surface area contributed by atoms with Gasteiger partial charge >= 0.3 is 0 Å². The van der Waals surface area contributed by atoms with E-state index in [1.54, 1.807) is 29.2 Å². The molecule has 2 saturated heterocycles. The van der Waals surface area contributed by atoms with Gasteiger partial charge in [0.2, 0.25) is 23.6 Å². The number of ketones is 1. The Bertz CT molecular complexity index is 1440. The number of para-hydroxylation sites is 1. The van der Waals surface area contributed by atoms with Crippen LogP contribution in [0.2, 0.25) is 0 Å². The molecule has 1 unspecified atom stereocenters. The van der Waals surface area contributed by atoms with E-state index in [0.29, 0.717) is 62.4 Å². The molecular weight excluding hydrogens is 562 g/mol. The molecule has 0 bridgehead atoms. The van der Waals surface area contributed by atoms with E-state index in [4.69, 9.17) is 0 Å². The summed E-state index contributed by atoms with van der Waals surface area (Å²) in [7, 11) is 0. The number of piperidine rings is 1. The highest BCUT2D eigenvalue weighted by atomic mass is 16.2. The fourth-order valence-corrected chi connectivity index (χ4v) is 6.05. The third-order valence-corrected chi connectivity index (χ3v) is 9.02. The Morgan fingerprint density at radius 2 is 1.70 bits per heavy atom. The Hall–Kier alpha value is -4.02. The minimum atomic E-state index is -1.41. The summed E-state index contributed by atoms with van der Waals surface area (Å²) in [5.41, 5.74) is 0.188. The van der Waals surface area contributed by atoms with Crippen molar-refractivity contribution in [1.82, 2.24) is 25.8 Å². The molecule has 2 fully saturated rings. The van der Waals surface area contributed by atoms with Gasteiger partial charge in [0.1, 0.15) is 30.0 Å². The predicted molar refractivity (Wildman–Crippen MR) is 167 cm³/mol. The third kappa shape index (κ3) is 7.54. The van der Waals surface area contributed by atoms with Crippen LogP contribution in [0.3, 0.4) is 0 Å². The molecule has 0 spiro atoms. The zero-order chi connectivity index (χ0) is 31.8. The van der Waals surface area contributed by atoms with Crippen molar-refractivity contribution < 1.29 is 24.0 Å². The van der Waals surface area contributed by atoms with Gasteiger partial charge in [-0.3, -0.25) is 28.8 Å². The van der Waals surface area contributed by atoms with Crippen molar-refractivity contribution in [3.05, 3.63) is 46.2 Å². The molecule has 5 atom stereocenters. The lowest BCUT2D eigenvalue weighted by Gasteiger charge is -2.39. The lowest BCUT2D eigenvalue weighted by Crippen LogP contribution is -2.62. The highest BCUT2D eigenvalue weighted by Crippen LogP contribution is 2.23. The van der Waals surface area contributed by atoms with Crippen LogP contribution >= 0.6 is 0 Å². The van der Waals surface area contributed by atoms with Gasteiger partial charge in [0.05, 0.1) is 0 Å². The number of nitrogens with one attached hydrogen (secondary N) is 4. The van der Waals surface area contributed by atoms with Gasteiger partial charge < -0.3 is 25.8 Å². The molecule has 0 aliphatic carbocycles. The van der Waals surface area contributed by atoms with Crippen LogP contribution in [0, 0.1) is 5.92 Å². The van der Waals surface area contributed by atoms with Gasteiger partial charge in [-0.05, 0) is 50.2 Å². The Kier molecular flexibility index (Phi) is 11.3. The van der Waals surface area contributed by atoms with Crippen LogP contribution in [-0.4, -0.2) is 64.0 Å². The summed E-state index contributed by atoms with van der Waals surface area (Å²) in [5, 5.41) is 8.83. The molecular formula is C33H45N5O6. The average Bonchev–Trinajstić information content (AvgIpc) is 3.04. The first-order valence-electron chi connectivity index (χ1n) is 16.0. The standard InChI is InChI=1S/C33H45N5O6/c1-4-20(3)27-33(44)38-18-12-11-17-26(38)31(42)35-25(16-8-6-7-13-21(39)5-2)30(41)37-28(32(43)36-27)23-19-34-24-15-10-9-14-22(24)29(23)40/h9-10,14-15,19-20,25-28H,4-8,11-13,16-18H2,1-3H3,(H,34,40)(H,35,42)(H,36,43)(H,37,41)/t20?,25-,26+,27-,28+/m0/s1. The zero-order valence-corrected chi connectivity index (χ0v) is 25.9. The second-order valence-electron chi connectivity index (χ2n) is 12.0. The van der Waals surface area contributed by atoms with Gasteiger partial charge in [-0.15, -0.1) is 0 Å². The summed E-state index contributed by atoms with van der Waals surface area (Å²) in [5.74, 6) is -2.11. The normalized spacial score (nSPS) is 23.9. The maximum atomic E-state index is 14.0. The first kappa shape index (κ1) is 32.9. The number of nitrogens with zero attached hydrogens (tertiary/aromatic N) is 1. The molecule has 0 radical (unpaired) electrons. The molecule has 44 heavy (non-hydrogen) atoms. The van der Waals surface area contributed by atoms with Crippen LogP contribution < -0.4 is 21.4 Å². The van der Waals surface area contributed by atoms with Crippen molar-refractivity contribution in [2.75, 3.05) is 6.54 Å². The highest BCUT2D eigenvalue weighted by Gasteiger charge is 2.41. The van der Waals surface area contributed by atoms with E-state index in [2.05, 4.69) is 20.9 Å². The largest absolute Gasteiger partial charge is 0.361 e. The number of aromatic amines is 1. The number of H-pyrrole nitrogens is 1. The molecule has 4 rings (SSSR count). The second-order valence-corrected chi connectivity index (χ2v) is 12.0. The van der Waals surface area contributed by atoms with E-state index >= 15 is 0 Å². The minimum Gasteiger partial charge on any atom is -0.361 e. The predicted octanol–water partition coefficient (Wildman–Crippen LogP) is 3.03. The lowest BCUT2D eigenvalue weighted by atomic mass is 9.93. The second kappa shape index (κ2) is 15.1. The number of hydrogen-bond donors (Lipinski definition) is 4. The molecule has 4 N–H and O–H groups in total. The van der Waals surface area contributed by atoms with Crippen molar-refractivity contribution in [3.8, 4) is 0 Å². The fraction of sp³-hybridized carbons (Fsp3) is 0.576. The topological polar surface area (TPSA) is 158 Å². The van der Waals surface area contributed by atoms with Crippen molar-refractivity contribution in [2.45, 2.75) is 109 Å². The van der Waals surface area contributed by atoms with Crippen LogP contribution in [-0.2, 0) is 24.0 Å². The number of fused-ring (bicyclic) bond motifs is 2. The molecule has 2 aliphatic rings. The van der Waals surface area contributed by atoms with E-state index in [0.717, 1.165) is 12.8 Å². The molecule has 2 aromatic rings. The first-order chi connectivity index (χ1) is 21.2. The molecule has 0 saturated carbocycles. The van der Waals surface area contributed by atoms with Gasteiger partial charge in [0.25, 0.3) is 0 Å². The molecule has 11 nitrogen and oxygen atoms in total. The number of amides is 4. The zero-order valence-electron chi connectivity index (χ0n) is 25.9. The number of carbonyl (C=O) groups excluding carboxylic acids is 5. The van der Waals surface area contributed by atoms with Crippen LogP contribution in [0.4, 0.5) is 0 Å². The van der Waals surface area contributed by atoms with Crippen molar-refractivity contribution in [1.29, 1.82) is 0 Å². The van der Waals surface area contributed by atoms with Gasteiger partial charge in [-0.1, -0.05) is 52.2 Å². The summed E-state index contributed by atoms with van der Waals surface area (Å²) in [6.07, 6.45) is 7.09. The number of rotatable bonds is 10. The Morgan fingerprint density at radius 3 is 2.45 bits per heavy atom. The van der Waals surface area contributed by atoms with E-state index in [9.17, 15) is 28.8 Å². The molecule has 4 amide bonds. The van der Waals surface area contributed by atoms with Crippen molar-refractivity contribution in [3.63, 3.8) is 0 Å². The Balaban J connectivity index is 1.71. The number of hydrogen-bond acceptors (Lipinski definition) is 6. The van der Waals surface area contributed by atoms with Crippen LogP contribution in [0.15, 0.2) is 35.3 Å². The van der Waals surface area contributed by atoms with Gasteiger partial charge in [-0.25, -0.2) is 0 Å². The van der Waals surface area contributed by atoms with Crippen LogP contribution in [0.1, 0.15) is 96.6 Å². The number of benzene rings is 1. The lowest BCUT2D eigenvalue weighted by molar-refractivity contribution is -0.147. The SMILES string of the molecule is CCC(=O)CCCCC[C@@H]1NC(=O)[C@H]2CCCCN2C(=O)[C@H](C(C)CC)NC(=O)[C@@H](c2c[nH]c3ccccc3c2=O)NC1=O. The third-order valence-electron chi connectivity index (χ3n) is 9.02. The maximum Gasteiger partial charge on any atom is 0.248 e. The molecule has 3 heterocycles. The quantitative estimate of drug-likeness (QED) is 0.304. The smallest absolute Gasteiger partial charge is 0.248 e. The summed E-state index contributed by atoms with van der Waals surface area (Å²) in [6, 6.07) is 2.78. The number of aromatic nitrogens is 1. The number of carbonyl (C=O) groups is 5. The molecule has 238 valence electrons. The highest BCUT2D eigenvalue weighted by molar-refractivity contribution is 5.98. The van der Waals surface area contributed by atoms with E-state index in [1.165, 1.54) is 6.20 Å². The Labute approximate surface area is 257 Å². The molecule has 1 aromatic carbocycles. The van der Waals surface area contributed by atoms with Crippen LogP contribution in [0.5, 0.6) is 0 Å². The summed E-state index contributed by atoms with van der Waals surface area (Å²) in [6.45, 7) is 5.96. The van der Waals surface area contributed by atoms with E-state index < -0.39 is 47.3 Å². The monoisotopic (exact) mass is 607 g/mol. The molecule has 1 aromatic heterocycles. The molecule has 2 aliphatic heterocycles. The van der Waals surface area contributed by atoms with Gasteiger partial charge in [-0.2, -0.15) is 0 Å². The van der Waals surface area contributed by atoms with Crippen LogP contribution in [0.25, 0.3) is 10.9 Å². The van der Waals surface area contributed by atoms with Gasteiger partial charge in [0, 0.05) is 42.0 Å². The summed E-state index contributed by atoms with van der Waals surface area (Å²) in [4.78, 5) is 85.4. The minimum absolute atomic E-state index is 0.0287. The summed E-state index contributed by atoms with van der Waals surface area (Å²) >= 11 is 0. The van der Waals surface area contributed by atoms with Gasteiger partial charge in [0.15, 0.2) is 5.43 Å². The molecule has 11 heteroatoms. The van der Waals surface area contributed by atoms with Crippen molar-refractivity contribution in [2.24, 2.45) is 5.92 Å². The first-order valence-corrected chi connectivity index (χ1v) is 16.0. The number of Topliss-reactive ketones (excluding diaryl/α,β-unsaturated/α-hetero) is 1. The Morgan fingerprint density at radius 1 is 0.932 bits per heavy atom.